The lowest BCUT2D eigenvalue weighted by molar-refractivity contribution is -0.139. The van der Waals surface area contributed by atoms with Gasteiger partial charge in [-0.3, -0.25) is 13.9 Å². The Balaban J connectivity index is 2.35. The number of anilines is 1. The monoisotopic (exact) mass is 503 g/mol. The normalized spacial score (nSPS) is 12.9. The van der Waals surface area contributed by atoms with E-state index in [0.29, 0.717) is 24.3 Å². The Labute approximate surface area is 209 Å². The fraction of sp³-hybridized carbons (Fsp3) is 0.462. The molecular formula is C26H37N3O5S. The van der Waals surface area contributed by atoms with E-state index in [-0.39, 0.29) is 18.5 Å². The maximum Gasteiger partial charge on any atom is 0.244 e. The van der Waals surface area contributed by atoms with E-state index in [1.807, 2.05) is 51.1 Å². The summed E-state index contributed by atoms with van der Waals surface area (Å²) in [7, 11) is -2.24. The second-order valence-corrected chi connectivity index (χ2v) is 10.4. The molecule has 2 aromatic rings. The topological polar surface area (TPSA) is 96.0 Å². The Morgan fingerprint density at radius 3 is 2.14 bits per heavy atom. The first-order valence-electron chi connectivity index (χ1n) is 11.9. The van der Waals surface area contributed by atoms with Crippen molar-refractivity contribution in [2.75, 3.05) is 30.8 Å². The maximum absolute atomic E-state index is 13.6. The standard InChI is InChI=1S/C26H37N3O5S/c1-6-20(3)27-26(31)24(7-2)28(18-17-21-11-9-8-10-12-21)25(30)19-29(35(5,32)33)22-13-15-23(34-4)16-14-22/h8-16,20,24H,6-7,17-19H2,1-5H3,(H,27,31). The minimum Gasteiger partial charge on any atom is -0.497 e. The van der Waals surface area contributed by atoms with Gasteiger partial charge in [-0.1, -0.05) is 44.2 Å². The van der Waals surface area contributed by atoms with E-state index >= 15 is 0 Å². The van der Waals surface area contributed by atoms with Gasteiger partial charge in [0.05, 0.1) is 19.1 Å². The predicted molar refractivity (Wildman–Crippen MR) is 139 cm³/mol. The number of amides is 2. The van der Waals surface area contributed by atoms with Crippen molar-refractivity contribution in [3.05, 3.63) is 60.2 Å². The van der Waals surface area contributed by atoms with Gasteiger partial charge in [0.25, 0.3) is 0 Å². The molecule has 2 rings (SSSR count). The van der Waals surface area contributed by atoms with Crippen molar-refractivity contribution in [2.24, 2.45) is 0 Å². The molecule has 2 aromatic carbocycles. The van der Waals surface area contributed by atoms with Crippen molar-refractivity contribution in [2.45, 2.75) is 52.1 Å². The third-order valence-electron chi connectivity index (χ3n) is 5.91. The van der Waals surface area contributed by atoms with Crippen LogP contribution in [0.4, 0.5) is 5.69 Å². The Hall–Kier alpha value is -3.07. The molecule has 192 valence electrons. The van der Waals surface area contributed by atoms with Crippen LogP contribution in [0.5, 0.6) is 5.75 Å². The molecular weight excluding hydrogens is 466 g/mol. The summed E-state index contributed by atoms with van der Waals surface area (Å²) in [5.41, 5.74) is 1.37. The molecule has 2 atom stereocenters. The Kier molecular flexibility index (Phi) is 10.6. The van der Waals surface area contributed by atoms with Crippen molar-refractivity contribution in [1.29, 1.82) is 0 Å². The fourth-order valence-corrected chi connectivity index (χ4v) is 4.55. The van der Waals surface area contributed by atoms with Gasteiger partial charge >= 0.3 is 0 Å². The number of ether oxygens (including phenoxy) is 1. The molecule has 0 bridgehead atoms. The number of nitrogens with zero attached hydrogens (tertiary/aromatic N) is 2. The smallest absolute Gasteiger partial charge is 0.244 e. The molecule has 2 unspecified atom stereocenters. The van der Waals surface area contributed by atoms with Crippen LogP contribution in [-0.4, -0.2) is 63.7 Å². The molecule has 0 spiro atoms. The Morgan fingerprint density at radius 1 is 1.00 bits per heavy atom. The van der Waals surface area contributed by atoms with Gasteiger partial charge in [-0.2, -0.15) is 0 Å². The van der Waals surface area contributed by atoms with Crippen LogP contribution in [0.2, 0.25) is 0 Å². The third kappa shape index (κ3) is 8.28. The summed E-state index contributed by atoms with van der Waals surface area (Å²) >= 11 is 0. The Bertz CT molecular complexity index is 1060. The minimum absolute atomic E-state index is 0.0329. The molecule has 35 heavy (non-hydrogen) atoms. The summed E-state index contributed by atoms with van der Waals surface area (Å²) in [6.45, 7) is 5.61. The highest BCUT2D eigenvalue weighted by molar-refractivity contribution is 7.92. The second kappa shape index (κ2) is 13.1. The first-order valence-corrected chi connectivity index (χ1v) is 13.7. The summed E-state index contributed by atoms with van der Waals surface area (Å²) in [6.07, 6.45) is 2.77. The molecule has 8 nitrogen and oxygen atoms in total. The van der Waals surface area contributed by atoms with Crippen molar-refractivity contribution >= 4 is 27.5 Å². The summed E-state index contributed by atoms with van der Waals surface area (Å²) < 4.78 is 31.5. The number of methoxy groups -OCH3 is 1. The maximum atomic E-state index is 13.6. The number of hydrogen-bond acceptors (Lipinski definition) is 5. The molecule has 1 N–H and O–H groups in total. The highest BCUT2D eigenvalue weighted by Crippen LogP contribution is 2.22. The fourth-order valence-electron chi connectivity index (χ4n) is 3.70. The molecule has 2 amide bonds. The van der Waals surface area contributed by atoms with E-state index in [0.717, 1.165) is 22.5 Å². The molecule has 0 aromatic heterocycles. The van der Waals surface area contributed by atoms with E-state index in [1.165, 1.54) is 12.0 Å². The predicted octanol–water partition coefficient (Wildman–Crippen LogP) is 3.23. The van der Waals surface area contributed by atoms with E-state index < -0.39 is 28.5 Å². The van der Waals surface area contributed by atoms with Crippen molar-refractivity contribution in [3.63, 3.8) is 0 Å². The largest absolute Gasteiger partial charge is 0.497 e. The van der Waals surface area contributed by atoms with Crippen LogP contribution < -0.4 is 14.4 Å². The molecule has 0 fully saturated rings. The van der Waals surface area contributed by atoms with Crippen molar-refractivity contribution < 1.29 is 22.7 Å². The number of carbonyl (C=O) groups is 2. The van der Waals surface area contributed by atoms with Crippen LogP contribution in [-0.2, 0) is 26.0 Å². The zero-order valence-electron chi connectivity index (χ0n) is 21.2. The third-order valence-corrected chi connectivity index (χ3v) is 7.05. The summed E-state index contributed by atoms with van der Waals surface area (Å²) in [5.74, 6) is -0.0993. The second-order valence-electron chi connectivity index (χ2n) is 8.53. The van der Waals surface area contributed by atoms with Crippen LogP contribution >= 0.6 is 0 Å². The molecule has 0 radical (unpaired) electrons. The van der Waals surface area contributed by atoms with Gasteiger partial charge in [-0.05, 0) is 56.0 Å². The van der Waals surface area contributed by atoms with E-state index in [4.69, 9.17) is 4.74 Å². The Morgan fingerprint density at radius 2 is 1.63 bits per heavy atom. The van der Waals surface area contributed by atoms with Crippen LogP contribution in [0.3, 0.4) is 0 Å². The molecule has 0 aliphatic rings. The summed E-state index contributed by atoms with van der Waals surface area (Å²) in [6, 6.07) is 15.4. The number of sulfonamides is 1. The lowest BCUT2D eigenvalue weighted by Crippen LogP contribution is -2.54. The lowest BCUT2D eigenvalue weighted by atomic mass is 10.1. The van der Waals surface area contributed by atoms with Crippen molar-refractivity contribution in [1.82, 2.24) is 10.2 Å². The highest BCUT2D eigenvalue weighted by atomic mass is 32.2. The summed E-state index contributed by atoms with van der Waals surface area (Å²) in [4.78, 5) is 28.2. The van der Waals surface area contributed by atoms with Crippen LogP contribution in [0.25, 0.3) is 0 Å². The number of rotatable bonds is 13. The van der Waals surface area contributed by atoms with E-state index in [2.05, 4.69) is 5.32 Å². The number of hydrogen-bond donors (Lipinski definition) is 1. The van der Waals surface area contributed by atoms with Gasteiger partial charge < -0.3 is 15.0 Å². The first-order chi connectivity index (χ1) is 16.6. The van der Waals surface area contributed by atoms with Crippen LogP contribution in [0, 0.1) is 0 Å². The zero-order valence-corrected chi connectivity index (χ0v) is 22.0. The molecule has 0 saturated heterocycles. The minimum atomic E-state index is -3.76. The van der Waals surface area contributed by atoms with Crippen molar-refractivity contribution in [3.8, 4) is 5.75 Å². The quantitative estimate of drug-likeness (QED) is 0.453. The van der Waals surface area contributed by atoms with Gasteiger partial charge in [0, 0.05) is 12.6 Å². The average Bonchev–Trinajstić information content (AvgIpc) is 2.84. The first kappa shape index (κ1) is 28.2. The highest BCUT2D eigenvalue weighted by Gasteiger charge is 2.31. The lowest BCUT2D eigenvalue weighted by Gasteiger charge is -2.33. The van der Waals surface area contributed by atoms with Gasteiger partial charge in [0.2, 0.25) is 21.8 Å². The van der Waals surface area contributed by atoms with Gasteiger partial charge in [0.15, 0.2) is 0 Å². The van der Waals surface area contributed by atoms with Gasteiger partial charge in [-0.25, -0.2) is 8.42 Å². The molecule has 0 aliphatic heterocycles. The number of carbonyl (C=O) groups excluding carboxylic acids is 2. The molecule has 0 heterocycles. The SMILES string of the molecule is CCC(C)NC(=O)C(CC)N(CCc1ccccc1)C(=O)CN(c1ccc(OC)cc1)S(C)(=O)=O. The number of benzene rings is 2. The van der Waals surface area contributed by atoms with Crippen LogP contribution in [0.1, 0.15) is 39.2 Å². The molecule has 0 saturated carbocycles. The van der Waals surface area contributed by atoms with E-state index in [1.54, 1.807) is 24.3 Å². The van der Waals surface area contributed by atoms with Gasteiger partial charge in [0.1, 0.15) is 18.3 Å². The molecule has 0 aliphatic carbocycles. The van der Waals surface area contributed by atoms with E-state index in [9.17, 15) is 18.0 Å². The number of nitrogens with one attached hydrogen (secondary N) is 1. The summed E-state index contributed by atoms with van der Waals surface area (Å²) in [5, 5.41) is 2.96. The van der Waals surface area contributed by atoms with Gasteiger partial charge in [-0.15, -0.1) is 0 Å². The molecule has 9 heteroatoms. The van der Waals surface area contributed by atoms with Crippen LogP contribution in [0.15, 0.2) is 54.6 Å². The average molecular weight is 504 g/mol. The zero-order chi connectivity index (χ0) is 26.0.